The minimum atomic E-state index is 0.798. The van der Waals surface area contributed by atoms with Crippen LogP contribution in [0.2, 0.25) is 0 Å². The average Bonchev–Trinajstić information content (AvgIpc) is 3.07. The van der Waals surface area contributed by atoms with Crippen LogP contribution >= 0.6 is 0 Å². The van der Waals surface area contributed by atoms with Crippen molar-refractivity contribution in [3.05, 3.63) is 24.4 Å². The van der Waals surface area contributed by atoms with E-state index in [-0.39, 0.29) is 0 Å². The third-order valence-corrected chi connectivity index (χ3v) is 3.26. The van der Waals surface area contributed by atoms with Gasteiger partial charge in [0.25, 0.3) is 0 Å². The van der Waals surface area contributed by atoms with Crippen LogP contribution < -0.4 is 5.73 Å². The number of unbranched alkanes of at least 4 members (excludes halogenated alkanes) is 3. The van der Waals surface area contributed by atoms with E-state index in [2.05, 4.69) is 22.0 Å². The molecule has 2 aromatic heterocycles. The summed E-state index contributed by atoms with van der Waals surface area (Å²) in [7, 11) is 0. The topological polar surface area (TPSA) is 72.5 Å². The van der Waals surface area contributed by atoms with Gasteiger partial charge in [0, 0.05) is 24.7 Å². The number of nitrogens with two attached hydrogens (primary N) is 1. The maximum absolute atomic E-state index is 5.48. The molecule has 0 saturated heterocycles. The van der Waals surface area contributed by atoms with Crippen LogP contribution in [0.5, 0.6) is 0 Å². The van der Waals surface area contributed by atoms with E-state index in [4.69, 9.17) is 5.73 Å². The predicted molar refractivity (Wildman–Crippen MR) is 76.7 cm³/mol. The molecule has 0 spiro atoms. The quantitative estimate of drug-likeness (QED) is 0.716. The molecule has 0 amide bonds. The Morgan fingerprint density at radius 3 is 2.79 bits per heavy atom. The molecule has 0 aliphatic carbocycles. The lowest BCUT2D eigenvalue weighted by Crippen LogP contribution is -1.98. The molecule has 2 rings (SSSR count). The van der Waals surface area contributed by atoms with Crippen molar-refractivity contribution >= 4 is 0 Å². The van der Waals surface area contributed by atoms with Crippen LogP contribution in [-0.4, -0.2) is 26.3 Å². The van der Waals surface area contributed by atoms with E-state index in [1.54, 1.807) is 0 Å². The van der Waals surface area contributed by atoms with Gasteiger partial charge >= 0.3 is 0 Å². The summed E-state index contributed by atoms with van der Waals surface area (Å²) in [5.41, 5.74) is 7.63. The molecule has 19 heavy (non-hydrogen) atoms. The monoisotopic (exact) mass is 261 g/mol. The Bertz CT molecular complexity index is 485. The van der Waals surface area contributed by atoms with Gasteiger partial charge < -0.3 is 10.7 Å². The summed E-state index contributed by atoms with van der Waals surface area (Å²) in [6.07, 6.45) is 11.6. The van der Waals surface area contributed by atoms with Gasteiger partial charge in [-0.05, 0) is 26.3 Å². The number of nitrogens with zero attached hydrogens (tertiary/aromatic N) is 3. The average molecular weight is 261 g/mol. The van der Waals surface area contributed by atoms with Crippen molar-refractivity contribution in [1.29, 1.82) is 0 Å². The van der Waals surface area contributed by atoms with Crippen LogP contribution in [0.15, 0.2) is 18.6 Å². The molecule has 2 heterocycles. The number of H-pyrrole nitrogens is 1. The molecule has 0 aliphatic rings. The first-order chi connectivity index (χ1) is 9.33. The molecule has 2 aromatic rings. The number of hydrogen-bond acceptors (Lipinski definition) is 3. The molecule has 0 unspecified atom stereocenters. The van der Waals surface area contributed by atoms with Crippen LogP contribution in [0.4, 0.5) is 0 Å². The number of aryl methyl sites for hydroxylation is 2. The number of rotatable bonds is 8. The molecule has 0 fully saturated rings. The highest BCUT2D eigenvalue weighted by Crippen LogP contribution is 2.16. The zero-order valence-electron chi connectivity index (χ0n) is 11.6. The van der Waals surface area contributed by atoms with E-state index >= 15 is 0 Å². The van der Waals surface area contributed by atoms with Crippen molar-refractivity contribution < 1.29 is 0 Å². The SMILES string of the molecule is CCn1cc(-c2cnc(CCCCCCN)[nH]2)cn1. The summed E-state index contributed by atoms with van der Waals surface area (Å²) in [5, 5.41) is 4.27. The maximum atomic E-state index is 5.48. The van der Waals surface area contributed by atoms with Crippen molar-refractivity contribution in [2.45, 2.75) is 45.6 Å². The molecule has 0 atom stereocenters. The second kappa shape index (κ2) is 7.09. The highest BCUT2D eigenvalue weighted by atomic mass is 15.3. The molecule has 5 nitrogen and oxygen atoms in total. The third kappa shape index (κ3) is 3.92. The maximum Gasteiger partial charge on any atom is 0.106 e. The summed E-state index contributed by atoms with van der Waals surface area (Å²) >= 11 is 0. The highest BCUT2D eigenvalue weighted by molar-refractivity contribution is 5.55. The standard InChI is InChI=1S/C14H23N5/c1-2-19-11-12(9-17-19)13-10-16-14(18-13)7-5-3-4-6-8-15/h9-11H,2-8,15H2,1H3,(H,16,18). The van der Waals surface area contributed by atoms with E-state index in [0.29, 0.717) is 0 Å². The summed E-state index contributed by atoms with van der Waals surface area (Å²) in [6, 6.07) is 0. The number of nitrogens with one attached hydrogen (secondary N) is 1. The van der Waals surface area contributed by atoms with Gasteiger partial charge in [-0.3, -0.25) is 4.68 Å². The number of aromatic nitrogens is 4. The lowest BCUT2D eigenvalue weighted by Gasteiger charge is -1.98. The summed E-state index contributed by atoms with van der Waals surface area (Å²) in [6.45, 7) is 3.77. The largest absolute Gasteiger partial charge is 0.342 e. The van der Waals surface area contributed by atoms with Crippen LogP contribution in [-0.2, 0) is 13.0 Å². The van der Waals surface area contributed by atoms with Crippen molar-refractivity contribution in [3.8, 4) is 11.3 Å². The van der Waals surface area contributed by atoms with Gasteiger partial charge in [-0.15, -0.1) is 0 Å². The number of imidazole rings is 1. The summed E-state index contributed by atoms with van der Waals surface area (Å²) < 4.78 is 1.92. The highest BCUT2D eigenvalue weighted by Gasteiger charge is 2.05. The Kier molecular flexibility index (Phi) is 5.15. The predicted octanol–water partition coefficient (Wildman–Crippen LogP) is 2.35. The Hall–Kier alpha value is -1.62. The van der Waals surface area contributed by atoms with Crippen molar-refractivity contribution in [2.75, 3.05) is 6.54 Å². The van der Waals surface area contributed by atoms with Crippen LogP contribution in [0.1, 0.15) is 38.4 Å². The number of hydrogen-bond donors (Lipinski definition) is 2. The Labute approximate surface area is 114 Å². The molecule has 0 aliphatic heterocycles. The molecule has 3 N–H and O–H groups in total. The fourth-order valence-corrected chi connectivity index (χ4v) is 2.10. The van der Waals surface area contributed by atoms with Crippen molar-refractivity contribution in [1.82, 2.24) is 19.7 Å². The molecule has 0 radical (unpaired) electrons. The normalized spacial score (nSPS) is 11.1. The van der Waals surface area contributed by atoms with Gasteiger partial charge in [-0.1, -0.05) is 12.8 Å². The van der Waals surface area contributed by atoms with Gasteiger partial charge in [0.05, 0.1) is 18.1 Å². The van der Waals surface area contributed by atoms with Gasteiger partial charge in [-0.25, -0.2) is 4.98 Å². The molecular weight excluding hydrogens is 238 g/mol. The minimum absolute atomic E-state index is 0.798. The Balaban J connectivity index is 1.84. The first-order valence-corrected chi connectivity index (χ1v) is 7.10. The van der Waals surface area contributed by atoms with Gasteiger partial charge in [0.2, 0.25) is 0 Å². The lowest BCUT2D eigenvalue weighted by molar-refractivity contribution is 0.638. The number of aromatic amines is 1. The minimum Gasteiger partial charge on any atom is -0.342 e. The molecule has 0 bridgehead atoms. The molecule has 0 aromatic carbocycles. The Morgan fingerprint density at radius 1 is 1.21 bits per heavy atom. The lowest BCUT2D eigenvalue weighted by atomic mass is 10.1. The smallest absolute Gasteiger partial charge is 0.106 e. The molecule has 0 saturated carbocycles. The van der Waals surface area contributed by atoms with E-state index in [9.17, 15) is 0 Å². The van der Waals surface area contributed by atoms with Gasteiger partial charge in [0.15, 0.2) is 0 Å². The van der Waals surface area contributed by atoms with Crippen LogP contribution in [0.25, 0.3) is 11.3 Å². The fourth-order valence-electron chi connectivity index (χ4n) is 2.10. The second-order valence-electron chi connectivity index (χ2n) is 4.78. The van der Waals surface area contributed by atoms with Gasteiger partial charge in [-0.2, -0.15) is 5.10 Å². The van der Waals surface area contributed by atoms with E-state index in [1.165, 1.54) is 19.3 Å². The summed E-state index contributed by atoms with van der Waals surface area (Å²) in [4.78, 5) is 7.80. The second-order valence-corrected chi connectivity index (χ2v) is 4.78. The molecule has 5 heteroatoms. The van der Waals surface area contributed by atoms with E-state index < -0.39 is 0 Å². The van der Waals surface area contributed by atoms with E-state index in [1.807, 2.05) is 23.3 Å². The van der Waals surface area contributed by atoms with Crippen molar-refractivity contribution in [3.63, 3.8) is 0 Å². The molecular formula is C14H23N5. The first kappa shape index (κ1) is 13.8. The third-order valence-electron chi connectivity index (χ3n) is 3.26. The van der Waals surface area contributed by atoms with Crippen LogP contribution in [0, 0.1) is 0 Å². The summed E-state index contributed by atoms with van der Waals surface area (Å²) in [5.74, 6) is 1.06. The zero-order valence-corrected chi connectivity index (χ0v) is 11.6. The fraction of sp³-hybridized carbons (Fsp3) is 0.571. The van der Waals surface area contributed by atoms with Gasteiger partial charge in [0.1, 0.15) is 5.82 Å². The Morgan fingerprint density at radius 2 is 2.05 bits per heavy atom. The first-order valence-electron chi connectivity index (χ1n) is 7.10. The van der Waals surface area contributed by atoms with Crippen LogP contribution in [0.3, 0.4) is 0 Å². The molecule has 104 valence electrons. The van der Waals surface area contributed by atoms with E-state index in [0.717, 1.165) is 43.0 Å². The zero-order chi connectivity index (χ0) is 13.5. The van der Waals surface area contributed by atoms with Crippen molar-refractivity contribution in [2.24, 2.45) is 5.73 Å².